The molecule has 0 saturated heterocycles. The summed E-state index contributed by atoms with van der Waals surface area (Å²) in [7, 11) is -3.24. The summed E-state index contributed by atoms with van der Waals surface area (Å²) in [4.78, 5) is 10.9. The second-order valence-electron chi connectivity index (χ2n) is 5.90. The molecule has 0 saturated carbocycles. The van der Waals surface area contributed by atoms with Crippen molar-refractivity contribution in [2.24, 2.45) is 0 Å². The van der Waals surface area contributed by atoms with Crippen molar-refractivity contribution in [1.82, 2.24) is 0 Å². The fourth-order valence-corrected chi connectivity index (χ4v) is 4.72. The van der Waals surface area contributed by atoms with Crippen molar-refractivity contribution in [2.45, 2.75) is 11.1 Å². The number of alkyl halides is 3. The molecule has 29 heavy (non-hydrogen) atoms. The molecule has 2 aromatic rings. The SMILES string of the molecule is COc1ccc(Cl)cc1S(=O)(=O)N1CCOc2c1cc(C(=O)O)cc2C(F)(F)F. The first kappa shape index (κ1) is 21.1. The third kappa shape index (κ3) is 3.79. The van der Waals surface area contributed by atoms with Crippen LogP contribution in [0.1, 0.15) is 15.9 Å². The fourth-order valence-electron chi connectivity index (χ4n) is 2.86. The molecular formula is C17H13ClF3NO6S. The van der Waals surface area contributed by atoms with Gasteiger partial charge < -0.3 is 14.6 Å². The predicted octanol–water partition coefficient (Wildman–Crippen LogP) is 3.65. The zero-order valence-electron chi connectivity index (χ0n) is 14.7. The van der Waals surface area contributed by atoms with E-state index in [1.807, 2.05) is 0 Å². The number of nitrogens with zero attached hydrogens (tertiary/aromatic N) is 1. The third-order valence-electron chi connectivity index (χ3n) is 4.12. The van der Waals surface area contributed by atoms with Crippen molar-refractivity contribution in [3.63, 3.8) is 0 Å². The van der Waals surface area contributed by atoms with Gasteiger partial charge in [-0.05, 0) is 30.3 Å². The lowest BCUT2D eigenvalue weighted by molar-refractivity contribution is -0.139. The quantitative estimate of drug-likeness (QED) is 0.762. The van der Waals surface area contributed by atoms with Crippen molar-refractivity contribution in [2.75, 3.05) is 24.6 Å². The lowest BCUT2D eigenvalue weighted by Crippen LogP contribution is -2.39. The molecule has 3 rings (SSSR count). The minimum atomic E-state index is -4.96. The van der Waals surface area contributed by atoms with E-state index in [1.165, 1.54) is 19.2 Å². The number of halogens is 4. The van der Waals surface area contributed by atoms with Gasteiger partial charge in [-0.3, -0.25) is 4.31 Å². The van der Waals surface area contributed by atoms with Crippen LogP contribution in [0.4, 0.5) is 18.9 Å². The highest BCUT2D eigenvalue weighted by atomic mass is 35.5. The Balaban J connectivity index is 2.27. The normalized spacial score (nSPS) is 14.2. The number of sulfonamides is 1. The molecule has 1 aliphatic rings. The fraction of sp³-hybridized carbons (Fsp3) is 0.235. The number of carboxylic acid groups (broad SMARTS) is 1. The van der Waals surface area contributed by atoms with Gasteiger partial charge >= 0.3 is 12.1 Å². The van der Waals surface area contributed by atoms with Gasteiger partial charge in [0, 0.05) is 5.02 Å². The van der Waals surface area contributed by atoms with Gasteiger partial charge in [-0.2, -0.15) is 13.2 Å². The van der Waals surface area contributed by atoms with E-state index in [1.54, 1.807) is 0 Å². The molecule has 0 aliphatic carbocycles. The zero-order chi connectivity index (χ0) is 21.6. The second-order valence-corrected chi connectivity index (χ2v) is 8.16. The second kappa shape index (κ2) is 7.30. The summed E-state index contributed by atoms with van der Waals surface area (Å²) in [5.41, 5.74) is -2.66. The standard InChI is InChI=1S/C17H13ClF3NO6S/c1-27-13-3-2-10(18)8-14(13)29(25,26)22-4-5-28-15-11(17(19,20)21)6-9(16(23)24)7-12(15)22/h2-3,6-8H,4-5H2,1H3,(H,23,24). The summed E-state index contributed by atoms with van der Waals surface area (Å²) < 4.78 is 77.6. The lowest BCUT2D eigenvalue weighted by Gasteiger charge is -2.32. The van der Waals surface area contributed by atoms with Gasteiger partial charge in [0.25, 0.3) is 10.0 Å². The van der Waals surface area contributed by atoms with Gasteiger partial charge in [-0.25, -0.2) is 13.2 Å². The molecule has 0 fully saturated rings. The number of ether oxygens (including phenoxy) is 2. The number of fused-ring (bicyclic) bond motifs is 1. The summed E-state index contributed by atoms with van der Waals surface area (Å²) in [6.07, 6.45) is -4.96. The maximum Gasteiger partial charge on any atom is 0.420 e. The highest BCUT2D eigenvalue weighted by molar-refractivity contribution is 7.93. The molecule has 1 aliphatic heterocycles. The van der Waals surface area contributed by atoms with E-state index in [9.17, 15) is 31.5 Å². The molecule has 0 amide bonds. The maximum absolute atomic E-state index is 13.5. The van der Waals surface area contributed by atoms with E-state index in [2.05, 4.69) is 0 Å². The van der Waals surface area contributed by atoms with Crippen LogP contribution in [0.5, 0.6) is 11.5 Å². The highest BCUT2D eigenvalue weighted by Crippen LogP contribution is 2.46. The largest absolute Gasteiger partial charge is 0.495 e. The van der Waals surface area contributed by atoms with Gasteiger partial charge in [-0.1, -0.05) is 11.6 Å². The molecule has 0 aromatic heterocycles. The Morgan fingerprint density at radius 3 is 2.55 bits per heavy atom. The highest BCUT2D eigenvalue weighted by Gasteiger charge is 2.41. The number of aromatic carboxylic acids is 1. The average Bonchev–Trinajstić information content (AvgIpc) is 2.65. The van der Waals surface area contributed by atoms with Crippen LogP contribution in [-0.4, -0.2) is 39.8 Å². The number of benzene rings is 2. The van der Waals surface area contributed by atoms with Crippen molar-refractivity contribution in [1.29, 1.82) is 0 Å². The van der Waals surface area contributed by atoms with Gasteiger partial charge in [0.1, 0.15) is 22.8 Å². The van der Waals surface area contributed by atoms with E-state index in [0.717, 1.165) is 12.1 Å². The van der Waals surface area contributed by atoms with E-state index < -0.39 is 44.7 Å². The van der Waals surface area contributed by atoms with Crippen LogP contribution in [0, 0.1) is 0 Å². The smallest absolute Gasteiger partial charge is 0.420 e. The van der Waals surface area contributed by atoms with Gasteiger partial charge in [0.15, 0.2) is 5.75 Å². The number of anilines is 1. The van der Waals surface area contributed by atoms with Crippen molar-refractivity contribution >= 4 is 33.3 Å². The monoisotopic (exact) mass is 451 g/mol. The zero-order valence-corrected chi connectivity index (χ0v) is 16.2. The minimum Gasteiger partial charge on any atom is -0.495 e. The maximum atomic E-state index is 13.5. The Morgan fingerprint density at radius 2 is 1.97 bits per heavy atom. The van der Waals surface area contributed by atoms with Gasteiger partial charge in [0.2, 0.25) is 0 Å². The molecule has 12 heteroatoms. The molecule has 0 bridgehead atoms. The number of hydrogen-bond acceptors (Lipinski definition) is 5. The molecule has 0 unspecified atom stereocenters. The summed E-state index contributed by atoms with van der Waals surface area (Å²) >= 11 is 5.88. The summed E-state index contributed by atoms with van der Waals surface area (Å²) in [6, 6.07) is 5.00. The number of rotatable bonds is 4. The number of carbonyl (C=O) groups is 1. The Morgan fingerprint density at radius 1 is 1.28 bits per heavy atom. The number of methoxy groups -OCH3 is 1. The van der Waals surface area contributed by atoms with E-state index in [0.29, 0.717) is 10.4 Å². The Labute approximate surface area is 168 Å². The summed E-state index contributed by atoms with van der Waals surface area (Å²) in [5, 5.41) is 9.25. The lowest BCUT2D eigenvalue weighted by atomic mass is 10.1. The first-order chi connectivity index (χ1) is 13.5. The van der Waals surface area contributed by atoms with Crippen LogP contribution < -0.4 is 13.8 Å². The molecule has 0 radical (unpaired) electrons. The van der Waals surface area contributed by atoms with E-state index in [4.69, 9.17) is 21.1 Å². The summed E-state index contributed by atoms with van der Waals surface area (Å²) in [5.74, 6) is -2.49. The summed E-state index contributed by atoms with van der Waals surface area (Å²) in [6.45, 7) is -0.712. The van der Waals surface area contributed by atoms with Gasteiger partial charge in [-0.15, -0.1) is 0 Å². The van der Waals surface area contributed by atoms with Crippen LogP contribution in [0.25, 0.3) is 0 Å². The van der Waals surface area contributed by atoms with E-state index >= 15 is 0 Å². The van der Waals surface area contributed by atoms with Crippen LogP contribution in [0.3, 0.4) is 0 Å². The Kier molecular flexibility index (Phi) is 5.30. The average molecular weight is 452 g/mol. The minimum absolute atomic E-state index is 0.0631. The number of hydrogen-bond donors (Lipinski definition) is 1. The van der Waals surface area contributed by atoms with E-state index in [-0.39, 0.29) is 28.8 Å². The molecule has 7 nitrogen and oxygen atoms in total. The van der Waals surface area contributed by atoms with Crippen molar-refractivity contribution in [3.8, 4) is 11.5 Å². The first-order valence-electron chi connectivity index (χ1n) is 7.94. The third-order valence-corrected chi connectivity index (χ3v) is 6.19. The molecule has 156 valence electrons. The van der Waals surface area contributed by atoms with Crippen LogP contribution in [0.15, 0.2) is 35.2 Å². The van der Waals surface area contributed by atoms with Crippen LogP contribution in [0.2, 0.25) is 5.02 Å². The number of carboxylic acids is 1. The molecule has 2 aromatic carbocycles. The Bertz CT molecular complexity index is 1090. The topological polar surface area (TPSA) is 93.1 Å². The van der Waals surface area contributed by atoms with Gasteiger partial charge in [0.05, 0.1) is 24.9 Å². The van der Waals surface area contributed by atoms with Crippen LogP contribution >= 0.6 is 11.6 Å². The molecule has 1 heterocycles. The van der Waals surface area contributed by atoms with Crippen LogP contribution in [-0.2, 0) is 16.2 Å². The predicted molar refractivity (Wildman–Crippen MR) is 96.4 cm³/mol. The molecular weight excluding hydrogens is 439 g/mol. The Hall–Kier alpha value is -2.66. The first-order valence-corrected chi connectivity index (χ1v) is 9.76. The molecule has 0 spiro atoms. The van der Waals surface area contributed by atoms with Crippen molar-refractivity contribution in [3.05, 3.63) is 46.5 Å². The molecule has 0 atom stereocenters. The molecule has 1 N–H and O–H groups in total. The van der Waals surface area contributed by atoms with Crippen molar-refractivity contribution < 1.29 is 41.0 Å².